The zero-order chi connectivity index (χ0) is 12.9. The third-order valence-corrected chi connectivity index (χ3v) is 2.96. The molecule has 0 aliphatic carbocycles. The van der Waals surface area contributed by atoms with Gasteiger partial charge >= 0.3 is 0 Å². The van der Waals surface area contributed by atoms with Gasteiger partial charge in [0, 0.05) is 36.5 Å². The van der Waals surface area contributed by atoms with Crippen molar-refractivity contribution < 1.29 is 10.6 Å². The van der Waals surface area contributed by atoms with E-state index in [2.05, 4.69) is 16.9 Å². The van der Waals surface area contributed by atoms with Crippen LogP contribution in [0.1, 0.15) is 19.2 Å². The van der Waals surface area contributed by atoms with Gasteiger partial charge in [0.25, 0.3) is 0 Å². The first kappa shape index (κ1) is 8.98. The summed E-state index contributed by atoms with van der Waals surface area (Å²) in [7, 11) is 0. The van der Waals surface area contributed by atoms with Gasteiger partial charge in [-0.25, -0.2) is 4.39 Å². The van der Waals surface area contributed by atoms with Gasteiger partial charge in [-0.2, -0.15) is 0 Å². The van der Waals surface area contributed by atoms with Gasteiger partial charge in [-0.1, -0.05) is 6.58 Å². The number of hydrogen-bond acceptors (Lipinski definition) is 1. The minimum absolute atomic E-state index is 0.00923. The molecule has 1 amide bonds. The summed E-state index contributed by atoms with van der Waals surface area (Å²) in [4.78, 5) is 14.4. The standard InChI is InChI=1S/C13H11FN2O/c1-7-9(5-13(17)16-7)11-6-15-12-3-2-8(14)4-10(11)12/h2-4,6,9,15H,1,5H2,(H,16,17)/t9-/m1/s1/i9D. The number of benzene rings is 1. The number of nitrogens with one attached hydrogen (secondary N) is 2. The van der Waals surface area contributed by atoms with Crippen LogP contribution in [0.3, 0.4) is 0 Å². The largest absolute Gasteiger partial charge is 0.361 e. The molecule has 1 fully saturated rings. The molecule has 1 aromatic heterocycles. The zero-order valence-electron chi connectivity index (χ0n) is 10.0. The molecular formula is C13H11FN2O. The molecule has 0 radical (unpaired) electrons. The second kappa shape index (κ2) is 3.45. The SMILES string of the molecule is [2H][C@@]1(c2c[nH]c3ccc(F)cc23)CC(=O)NC1=C. The van der Waals surface area contributed by atoms with Crippen LogP contribution < -0.4 is 5.32 Å². The van der Waals surface area contributed by atoms with Crippen LogP contribution in [0.4, 0.5) is 4.39 Å². The van der Waals surface area contributed by atoms with Gasteiger partial charge in [0.05, 0.1) is 0 Å². The van der Waals surface area contributed by atoms with E-state index in [9.17, 15) is 9.18 Å². The van der Waals surface area contributed by atoms with E-state index in [1.165, 1.54) is 12.1 Å². The highest BCUT2D eigenvalue weighted by Crippen LogP contribution is 2.34. The summed E-state index contributed by atoms with van der Waals surface area (Å²) in [5.74, 6) is -1.83. The Hall–Kier alpha value is -2.10. The number of H-pyrrole nitrogens is 1. The normalized spacial score (nSPS) is 25.1. The van der Waals surface area contributed by atoms with Crippen LogP contribution >= 0.6 is 0 Å². The number of carbonyl (C=O) groups excluding carboxylic acids is 1. The van der Waals surface area contributed by atoms with Crippen LogP contribution in [-0.2, 0) is 4.79 Å². The molecule has 0 spiro atoms. The van der Waals surface area contributed by atoms with Gasteiger partial charge in [0.1, 0.15) is 5.82 Å². The average molecular weight is 231 g/mol. The summed E-state index contributed by atoms with van der Waals surface area (Å²) in [6, 6.07) is 4.34. The molecule has 17 heavy (non-hydrogen) atoms. The lowest BCUT2D eigenvalue weighted by molar-refractivity contribution is -0.118. The van der Waals surface area contributed by atoms with Gasteiger partial charge in [0.15, 0.2) is 0 Å². The first-order valence-electron chi connectivity index (χ1n) is 5.77. The second-order valence-corrected chi connectivity index (χ2v) is 4.07. The lowest BCUT2D eigenvalue weighted by Gasteiger charge is -2.07. The number of halogens is 1. The van der Waals surface area contributed by atoms with Crippen LogP contribution in [0.2, 0.25) is 0 Å². The van der Waals surface area contributed by atoms with E-state index < -0.39 is 5.89 Å². The summed E-state index contributed by atoms with van der Waals surface area (Å²) in [6.07, 6.45) is 1.65. The Morgan fingerprint density at radius 3 is 3.06 bits per heavy atom. The quantitative estimate of drug-likeness (QED) is 0.777. The molecule has 0 unspecified atom stereocenters. The van der Waals surface area contributed by atoms with E-state index in [0.29, 0.717) is 16.6 Å². The fourth-order valence-electron chi connectivity index (χ4n) is 2.16. The van der Waals surface area contributed by atoms with Crippen molar-refractivity contribution in [3.63, 3.8) is 0 Å². The van der Waals surface area contributed by atoms with Gasteiger partial charge in [0.2, 0.25) is 5.91 Å². The highest BCUT2D eigenvalue weighted by molar-refractivity contribution is 5.88. The van der Waals surface area contributed by atoms with E-state index in [4.69, 9.17) is 1.37 Å². The minimum atomic E-state index is -1.23. The van der Waals surface area contributed by atoms with Gasteiger partial charge in [-0.05, 0) is 23.8 Å². The first-order valence-corrected chi connectivity index (χ1v) is 5.27. The molecular weight excluding hydrogens is 219 g/mol. The van der Waals surface area contributed by atoms with Gasteiger partial charge in [-0.15, -0.1) is 0 Å². The molecule has 1 atom stereocenters. The van der Waals surface area contributed by atoms with Gasteiger partial charge in [-0.3, -0.25) is 4.79 Å². The summed E-state index contributed by atoms with van der Waals surface area (Å²) in [5.41, 5.74) is 1.64. The van der Waals surface area contributed by atoms with Crippen molar-refractivity contribution in [2.75, 3.05) is 0 Å². The highest BCUT2D eigenvalue weighted by Gasteiger charge is 2.28. The topological polar surface area (TPSA) is 44.9 Å². The Kier molecular flexibility index (Phi) is 1.82. The van der Waals surface area contributed by atoms with Crippen LogP contribution in [-0.4, -0.2) is 10.9 Å². The van der Waals surface area contributed by atoms with E-state index in [1.54, 1.807) is 12.3 Å². The number of hydrogen-bond donors (Lipinski definition) is 2. The Labute approximate surface area is 98.7 Å². The van der Waals surface area contributed by atoms with E-state index >= 15 is 0 Å². The molecule has 2 N–H and O–H groups in total. The molecule has 2 heterocycles. The molecule has 3 nitrogen and oxygen atoms in total. The van der Waals surface area contributed by atoms with Crippen LogP contribution in [0.25, 0.3) is 10.9 Å². The molecule has 3 rings (SSSR count). The summed E-state index contributed by atoms with van der Waals surface area (Å²) >= 11 is 0. The smallest absolute Gasteiger partial charge is 0.225 e. The fourth-order valence-corrected chi connectivity index (χ4v) is 2.16. The molecule has 2 aromatic rings. The van der Waals surface area contributed by atoms with E-state index in [0.717, 1.165) is 5.52 Å². The molecule has 4 heteroatoms. The van der Waals surface area contributed by atoms with Crippen molar-refractivity contribution in [2.45, 2.75) is 12.3 Å². The van der Waals surface area contributed by atoms with Crippen molar-refractivity contribution in [1.29, 1.82) is 0 Å². The third kappa shape index (κ3) is 1.53. The van der Waals surface area contributed by atoms with E-state index in [-0.39, 0.29) is 18.1 Å². The Bertz CT molecular complexity index is 679. The number of aromatic nitrogens is 1. The number of aromatic amines is 1. The number of amides is 1. The average Bonchev–Trinajstić information content (AvgIpc) is 2.81. The van der Waals surface area contributed by atoms with Crippen molar-refractivity contribution in [3.05, 3.63) is 48.1 Å². The lowest BCUT2D eigenvalue weighted by Crippen LogP contribution is -2.11. The van der Waals surface area contributed by atoms with Crippen molar-refractivity contribution in [1.82, 2.24) is 10.3 Å². The predicted molar refractivity (Wildman–Crippen MR) is 62.9 cm³/mol. The maximum atomic E-state index is 13.3. The molecule has 0 bridgehead atoms. The maximum absolute atomic E-state index is 13.3. The maximum Gasteiger partial charge on any atom is 0.225 e. The Morgan fingerprint density at radius 2 is 2.35 bits per heavy atom. The van der Waals surface area contributed by atoms with Crippen LogP contribution in [0.15, 0.2) is 36.7 Å². The molecule has 86 valence electrons. The van der Waals surface area contributed by atoms with E-state index in [1.807, 2.05) is 0 Å². The lowest BCUT2D eigenvalue weighted by atomic mass is 9.95. The third-order valence-electron chi connectivity index (χ3n) is 2.96. The van der Waals surface area contributed by atoms with Gasteiger partial charge < -0.3 is 10.3 Å². The summed E-state index contributed by atoms with van der Waals surface area (Å²) in [5, 5.41) is 3.16. The number of carbonyl (C=O) groups is 1. The molecule has 1 saturated heterocycles. The summed E-state index contributed by atoms with van der Waals surface area (Å²) < 4.78 is 21.7. The first-order chi connectivity index (χ1) is 8.50. The van der Waals surface area contributed by atoms with Crippen LogP contribution in [0.5, 0.6) is 0 Å². The highest BCUT2D eigenvalue weighted by atomic mass is 19.1. The number of rotatable bonds is 1. The summed E-state index contributed by atoms with van der Waals surface area (Å²) in [6.45, 7) is 3.72. The zero-order valence-corrected chi connectivity index (χ0v) is 9.01. The van der Waals surface area contributed by atoms with Crippen molar-refractivity contribution in [2.24, 2.45) is 0 Å². The van der Waals surface area contributed by atoms with Crippen LogP contribution in [0, 0.1) is 5.82 Å². The predicted octanol–water partition coefficient (Wildman–Crippen LogP) is 2.42. The fraction of sp³-hybridized carbons (Fsp3) is 0.154. The second-order valence-electron chi connectivity index (χ2n) is 4.07. The molecule has 0 saturated carbocycles. The number of allylic oxidation sites excluding steroid dienone is 1. The van der Waals surface area contributed by atoms with Crippen molar-refractivity contribution in [3.8, 4) is 0 Å². The monoisotopic (exact) mass is 231 g/mol. The Balaban J connectivity index is 2.23. The molecule has 1 aromatic carbocycles. The number of fused-ring (bicyclic) bond motifs is 1. The molecule has 1 aliphatic rings. The van der Waals surface area contributed by atoms with Crippen molar-refractivity contribution >= 4 is 16.8 Å². The molecule has 1 aliphatic heterocycles. The Morgan fingerprint density at radius 1 is 1.53 bits per heavy atom. The minimum Gasteiger partial charge on any atom is -0.361 e.